The summed E-state index contributed by atoms with van der Waals surface area (Å²) in [5, 5.41) is 9.77. The van der Waals surface area contributed by atoms with Crippen LogP contribution in [0.5, 0.6) is 5.75 Å². The van der Waals surface area contributed by atoms with Gasteiger partial charge in [-0.3, -0.25) is 0 Å². The first-order valence-corrected chi connectivity index (χ1v) is 6.88. The molecule has 0 amide bonds. The molecule has 1 aromatic heterocycles. The maximum absolute atomic E-state index is 8.76. The summed E-state index contributed by atoms with van der Waals surface area (Å²) in [4.78, 5) is 4.62. The number of nitrogens with zero attached hydrogens (tertiary/aromatic N) is 1. The highest BCUT2D eigenvalue weighted by molar-refractivity contribution is 7.21. The second-order valence-corrected chi connectivity index (χ2v) is 5.12. The average molecular weight is 271 g/mol. The Labute approximate surface area is 115 Å². The molecule has 3 aromatic rings. The van der Waals surface area contributed by atoms with Crippen LogP contribution in [-0.4, -0.2) is 23.3 Å². The van der Waals surface area contributed by atoms with Gasteiger partial charge in [0.1, 0.15) is 17.4 Å². The Morgan fingerprint density at radius 2 is 1.95 bits per heavy atom. The lowest BCUT2D eigenvalue weighted by Gasteiger charge is -2.02. The van der Waals surface area contributed by atoms with Crippen LogP contribution in [0.3, 0.4) is 0 Å². The van der Waals surface area contributed by atoms with E-state index in [1.165, 1.54) is 0 Å². The lowest BCUT2D eigenvalue weighted by Crippen LogP contribution is -2.00. The molecule has 4 heteroatoms. The predicted molar refractivity (Wildman–Crippen MR) is 77.6 cm³/mol. The van der Waals surface area contributed by atoms with Gasteiger partial charge in [-0.1, -0.05) is 30.3 Å². The standard InChI is InChI=1S/C15H13NO2S/c17-8-9-18-12-6-7-13-14(10-12)19-15(16-13)11-4-2-1-3-5-11/h1-7,10,17H,8-9H2. The molecule has 0 saturated heterocycles. The maximum atomic E-state index is 8.76. The van der Waals surface area contributed by atoms with Crippen LogP contribution in [-0.2, 0) is 0 Å². The number of aliphatic hydroxyl groups excluding tert-OH is 1. The van der Waals surface area contributed by atoms with E-state index in [4.69, 9.17) is 9.84 Å². The third kappa shape index (κ3) is 2.59. The molecule has 0 aliphatic rings. The van der Waals surface area contributed by atoms with Gasteiger partial charge in [-0.05, 0) is 18.2 Å². The number of benzene rings is 2. The summed E-state index contributed by atoms with van der Waals surface area (Å²) >= 11 is 1.64. The molecule has 19 heavy (non-hydrogen) atoms. The van der Waals surface area contributed by atoms with Crippen molar-refractivity contribution in [3.63, 3.8) is 0 Å². The van der Waals surface area contributed by atoms with Crippen LogP contribution in [0.25, 0.3) is 20.8 Å². The summed E-state index contributed by atoms with van der Waals surface area (Å²) in [5.41, 5.74) is 2.10. The molecular formula is C15H13NO2S. The van der Waals surface area contributed by atoms with Gasteiger partial charge in [0, 0.05) is 5.56 Å². The van der Waals surface area contributed by atoms with E-state index in [1.807, 2.05) is 36.4 Å². The number of ether oxygens (including phenoxy) is 1. The molecule has 1 N–H and O–H groups in total. The summed E-state index contributed by atoms with van der Waals surface area (Å²) in [6, 6.07) is 15.9. The van der Waals surface area contributed by atoms with Gasteiger partial charge in [-0.15, -0.1) is 11.3 Å². The van der Waals surface area contributed by atoms with Crippen LogP contribution in [0.1, 0.15) is 0 Å². The molecule has 0 fully saturated rings. The van der Waals surface area contributed by atoms with Crippen molar-refractivity contribution >= 4 is 21.6 Å². The third-order valence-electron chi connectivity index (χ3n) is 2.74. The third-order valence-corrected chi connectivity index (χ3v) is 3.81. The second kappa shape index (κ2) is 5.38. The number of fused-ring (bicyclic) bond motifs is 1. The van der Waals surface area contributed by atoms with E-state index in [1.54, 1.807) is 11.3 Å². The van der Waals surface area contributed by atoms with E-state index in [-0.39, 0.29) is 6.61 Å². The summed E-state index contributed by atoms with van der Waals surface area (Å²) in [5.74, 6) is 0.768. The minimum absolute atomic E-state index is 0.0238. The number of aliphatic hydroxyl groups is 1. The zero-order chi connectivity index (χ0) is 13.1. The van der Waals surface area contributed by atoms with Crippen LogP contribution in [0, 0.1) is 0 Å². The van der Waals surface area contributed by atoms with Crippen molar-refractivity contribution in [2.75, 3.05) is 13.2 Å². The molecule has 0 aliphatic heterocycles. The lowest BCUT2D eigenvalue weighted by molar-refractivity contribution is 0.201. The van der Waals surface area contributed by atoms with E-state index in [2.05, 4.69) is 17.1 Å². The molecule has 96 valence electrons. The first-order chi connectivity index (χ1) is 9.36. The van der Waals surface area contributed by atoms with Crippen molar-refractivity contribution in [3.05, 3.63) is 48.5 Å². The van der Waals surface area contributed by atoms with Gasteiger partial charge < -0.3 is 9.84 Å². The van der Waals surface area contributed by atoms with Gasteiger partial charge in [0.25, 0.3) is 0 Å². The number of thiazole rings is 1. The molecule has 0 bridgehead atoms. The zero-order valence-corrected chi connectivity index (χ0v) is 11.1. The number of hydrogen-bond acceptors (Lipinski definition) is 4. The molecule has 0 aliphatic carbocycles. The summed E-state index contributed by atoms with van der Waals surface area (Å²) in [6.07, 6.45) is 0. The zero-order valence-electron chi connectivity index (χ0n) is 10.2. The Bertz CT molecular complexity index is 679. The summed E-state index contributed by atoms with van der Waals surface area (Å²) in [7, 11) is 0. The largest absolute Gasteiger partial charge is 0.491 e. The Balaban J connectivity index is 1.97. The summed E-state index contributed by atoms with van der Waals surface area (Å²) < 4.78 is 6.50. The number of hydrogen-bond donors (Lipinski definition) is 1. The first-order valence-electron chi connectivity index (χ1n) is 6.06. The van der Waals surface area contributed by atoms with Crippen LogP contribution < -0.4 is 4.74 Å². The molecule has 3 rings (SSSR count). The SMILES string of the molecule is OCCOc1ccc2nc(-c3ccccc3)sc2c1. The minimum atomic E-state index is 0.0238. The van der Waals surface area contributed by atoms with Crippen LogP contribution in [0.4, 0.5) is 0 Å². The smallest absolute Gasteiger partial charge is 0.124 e. The monoisotopic (exact) mass is 271 g/mol. The van der Waals surface area contributed by atoms with Crippen molar-refractivity contribution in [2.45, 2.75) is 0 Å². The fourth-order valence-electron chi connectivity index (χ4n) is 1.86. The van der Waals surface area contributed by atoms with Gasteiger partial charge >= 0.3 is 0 Å². The Hall–Kier alpha value is -1.91. The van der Waals surface area contributed by atoms with E-state index in [9.17, 15) is 0 Å². The molecule has 0 saturated carbocycles. The minimum Gasteiger partial charge on any atom is -0.491 e. The molecule has 0 atom stereocenters. The van der Waals surface area contributed by atoms with Gasteiger partial charge in [-0.2, -0.15) is 0 Å². The van der Waals surface area contributed by atoms with Crippen LogP contribution in [0.2, 0.25) is 0 Å². The van der Waals surface area contributed by atoms with Gasteiger partial charge in [0.05, 0.1) is 16.8 Å². The van der Waals surface area contributed by atoms with Crippen LogP contribution in [0.15, 0.2) is 48.5 Å². The van der Waals surface area contributed by atoms with Gasteiger partial charge in [0.2, 0.25) is 0 Å². The Morgan fingerprint density at radius 1 is 1.11 bits per heavy atom. The number of rotatable bonds is 4. The fraction of sp³-hybridized carbons (Fsp3) is 0.133. The van der Waals surface area contributed by atoms with E-state index in [0.29, 0.717) is 6.61 Å². The Kier molecular flexibility index (Phi) is 3.44. The molecule has 2 aromatic carbocycles. The van der Waals surface area contributed by atoms with Crippen LogP contribution >= 0.6 is 11.3 Å². The molecule has 0 radical (unpaired) electrons. The fourth-order valence-corrected chi connectivity index (χ4v) is 2.86. The number of aromatic nitrogens is 1. The van der Waals surface area contributed by atoms with Crippen molar-refractivity contribution in [3.8, 4) is 16.3 Å². The second-order valence-electron chi connectivity index (χ2n) is 4.09. The molecule has 0 spiro atoms. The highest BCUT2D eigenvalue weighted by Gasteiger charge is 2.06. The normalized spacial score (nSPS) is 10.8. The summed E-state index contributed by atoms with van der Waals surface area (Å²) in [6.45, 7) is 0.339. The van der Waals surface area contributed by atoms with Gasteiger partial charge in [0.15, 0.2) is 0 Å². The quantitative estimate of drug-likeness (QED) is 0.791. The van der Waals surface area contributed by atoms with Crippen molar-refractivity contribution in [2.24, 2.45) is 0 Å². The highest BCUT2D eigenvalue weighted by Crippen LogP contribution is 2.32. The highest BCUT2D eigenvalue weighted by atomic mass is 32.1. The maximum Gasteiger partial charge on any atom is 0.124 e. The predicted octanol–water partition coefficient (Wildman–Crippen LogP) is 3.33. The van der Waals surface area contributed by atoms with Crippen molar-refractivity contribution in [1.29, 1.82) is 0 Å². The van der Waals surface area contributed by atoms with E-state index < -0.39 is 0 Å². The van der Waals surface area contributed by atoms with Crippen molar-refractivity contribution < 1.29 is 9.84 Å². The average Bonchev–Trinajstić information content (AvgIpc) is 2.89. The van der Waals surface area contributed by atoms with Gasteiger partial charge in [-0.25, -0.2) is 4.98 Å². The molecule has 0 unspecified atom stereocenters. The molecule has 1 heterocycles. The molecular weight excluding hydrogens is 258 g/mol. The Morgan fingerprint density at radius 3 is 2.74 bits per heavy atom. The van der Waals surface area contributed by atoms with E-state index >= 15 is 0 Å². The molecule has 3 nitrogen and oxygen atoms in total. The van der Waals surface area contributed by atoms with Crippen molar-refractivity contribution in [1.82, 2.24) is 4.98 Å². The lowest BCUT2D eigenvalue weighted by atomic mass is 10.2. The first kappa shape index (κ1) is 12.1. The topological polar surface area (TPSA) is 42.4 Å². The van der Waals surface area contributed by atoms with E-state index in [0.717, 1.165) is 26.5 Å².